The van der Waals surface area contributed by atoms with Crippen LogP contribution in [-0.4, -0.2) is 47.8 Å². The van der Waals surface area contributed by atoms with E-state index in [9.17, 15) is 4.79 Å². The van der Waals surface area contributed by atoms with Gasteiger partial charge in [0.25, 0.3) is 5.56 Å². The Morgan fingerprint density at radius 2 is 2.00 bits per heavy atom. The van der Waals surface area contributed by atoms with Crippen LogP contribution in [-0.2, 0) is 19.4 Å². The van der Waals surface area contributed by atoms with Crippen LogP contribution < -0.4 is 19.9 Å². The zero-order chi connectivity index (χ0) is 21.4. The molecular formula is C24H32N4O3. The average molecular weight is 425 g/mol. The average Bonchev–Trinajstić information content (AvgIpc) is 3.22. The first-order valence-corrected chi connectivity index (χ1v) is 11.5. The molecule has 4 heterocycles. The summed E-state index contributed by atoms with van der Waals surface area (Å²) < 4.78 is 10.9. The van der Waals surface area contributed by atoms with Crippen LogP contribution in [0.4, 0.5) is 5.95 Å². The highest BCUT2D eigenvalue weighted by Gasteiger charge is 2.25. The summed E-state index contributed by atoms with van der Waals surface area (Å²) in [5.41, 5.74) is 3.14. The molecule has 166 valence electrons. The summed E-state index contributed by atoms with van der Waals surface area (Å²) in [6.07, 6.45) is 4.07. The van der Waals surface area contributed by atoms with Gasteiger partial charge < -0.3 is 14.4 Å². The predicted octanol–water partition coefficient (Wildman–Crippen LogP) is 2.97. The second-order valence-corrected chi connectivity index (χ2v) is 9.47. The number of aromatic amines is 1. The summed E-state index contributed by atoms with van der Waals surface area (Å²) in [6.45, 7) is 9.48. The summed E-state index contributed by atoms with van der Waals surface area (Å²) in [5.74, 6) is 3.68. The highest BCUT2D eigenvalue weighted by molar-refractivity contribution is 5.44. The molecule has 0 bridgehead atoms. The minimum Gasteiger partial charge on any atom is -0.454 e. The van der Waals surface area contributed by atoms with Crippen molar-refractivity contribution in [2.45, 2.75) is 46.1 Å². The Hall–Kier alpha value is -2.54. The summed E-state index contributed by atoms with van der Waals surface area (Å²) in [6, 6.07) is 6.22. The van der Waals surface area contributed by atoms with E-state index in [0.29, 0.717) is 12.7 Å². The number of anilines is 1. The van der Waals surface area contributed by atoms with Gasteiger partial charge in [0.2, 0.25) is 12.7 Å². The maximum absolute atomic E-state index is 12.7. The van der Waals surface area contributed by atoms with Crippen molar-refractivity contribution in [3.8, 4) is 11.5 Å². The van der Waals surface area contributed by atoms with Crippen molar-refractivity contribution in [1.29, 1.82) is 0 Å². The first-order valence-electron chi connectivity index (χ1n) is 11.5. The summed E-state index contributed by atoms with van der Waals surface area (Å²) in [7, 11) is 0. The minimum absolute atomic E-state index is 0.0479. The van der Waals surface area contributed by atoms with E-state index >= 15 is 0 Å². The highest BCUT2D eigenvalue weighted by atomic mass is 16.7. The monoisotopic (exact) mass is 424 g/mol. The Morgan fingerprint density at radius 3 is 2.84 bits per heavy atom. The molecule has 1 aromatic heterocycles. The zero-order valence-corrected chi connectivity index (χ0v) is 18.5. The minimum atomic E-state index is 0.0479. The maximum Gasteiger partial charge on any atom is 0.255 e. The number of piperidine rings is 1. The van der Waals surface area contributed by atoms with Gasteiger partial charge in [-0.25, -0.2) is 4.98 Å². The van der Waals surface area contributed by atoms with Gasteiger partial charge in [-0.2, -0.15) is 0 Å². The fourth-order valence-electron chi connectivity index (χ4n) is 4.98. The third kappa shape index (κ3) is 4.42. The van der Waals surface area contributed by atoms with Crippen molar-refractivity contribution < 1.29 is 9.47 Å². The van der Waals surface area contributed by atoms with Gasteiger partial charge in [0.1, 0.15) is 0 Å². The van der Waals surface area contributed by atoms with Gasteiger partial charge >= 0.3 is 0 Å². The number of hydrogen-bond donors (Lipinski definition) is 1. The molecule has 0 aliphatic carbocycles. The molecule has 7 nitrogen and oxygen atoms in total. The van der Waals surface area contributed by atoms with Gasteiger partial charge in [0, 0.05) is 38.3 Å². The molecule has 31 heavy (non-hydrogen) atoms. The molecule has 7 heteroatoms. The quantitative estimate of drug-likeness (QED) is 0.796. The molecule has 5 rings (SSSR count). The lowest BCUT2D eigenvalue weighted by molar-refractivity contribution is 0.174. The molecule has 3 aliphatic rings. The number of ether oxygens (including phenoxy) is 2. The predicted molar refractivity (Wildman–Crippen MR) is 120 cm³/mol. The standard InChI is InChI=1S/C24H32N4O3/c1-16-5-9-28(10-6-16)24-25-20-14-27(8-7-19(20)23(29)26-24)13-17(2)11-18-3-4-21-22(12-18)31-15-30-21/h3-4,12,16-17H,5-11,13-15H2,1-2H3,(H,25,26,29)/t17-/m0/s1. The van der Waals surface area contributed by atoms with Crippen LogP contribution in [0.25, 0.3) is 0 Å². The molecule has 1 aromatic carbocycles. The molecule has 3 aliphatic heterocycles. The van der Waals surface area contributed by atoms with Crippen molar-refractivity contribution in [2.75, 3.05) is 37.9 Å². The van der Waals surface area contributed by atoms with Gasteiger partial charge in [0.05, 0.1) is 5.69 Å². The number of fused-ring (bicyclic) bond motifs is 2. The molecular weight excluding hydrogens is 392 g/mol. The Morgan fingerprint density at radius 1 is 1.19 bits per heavy atom. The molecule has 0 amide bonds. The summed E-state index contributed by atoms with van der Waals surface area (Å²) in [4.78, 5) is 25.3. The summed E-state index contributed by atoms with van der Waals surface area (Å²) in [5, 5.41) is 0. The van der Waals surface area contributed by atoms with Gasteiger partial charge in [-0.05, 0) is 55.2 Å². The highest BCUT2D eigenvalue weighted by Crippen LogP contribution is 2.33. The van der Waals surface area contributed by atoms with E-state index in [1.54, 1.807) is 0 Å². The Kier molecular flexibility index (Phi) is 5.61. The molecule has 1 N–H and O–H groups in total. The second-order valence-electron chi connectivity index (χ2n) is 9.47. The molecule has 2 aromatic rings. The Labute approximate surface area is 183 Å². The molecule has 0 saturated carbocycles. The van der Waals surface area contributed by atoms with Gasteiger partial charge in [-0.3, -0.25) is 14.7 Å². The number of hydrogen-bond acceptors (Lipinski definition) is 6. The van der Waals surface area contributed by atoms with E-state index in [1.807, 2.05) is 6.07 Å². The van der Waals surface area contributed by atoms with E-state index in [-0.39, 0.29) is 5.56 Å². The number of benzene rings is 1. The van der Waals surface area contributed by atoms with Crippen molar-refractivity contribution in [3.63, 3.8) is 0 Å². The lowest BCUT2D eigenvalue weighted by atomic mass is 9.98. The Bertz CT molecular complexity index is 997. The first kappa shape index (κ1) is 20.4. The van der Waals surface area contributed by atoms with Crippen LogP contribution in [0.5, 0.6) is 11.5 Å². The SMILES string of the molecule is CC1CCN(c2nc3c(c(=O)[nH]2)CCN(C[C@@H](C)Cc2ccc4c(c2)OCO4)C3)CC1. The number of rotatable bonds is 5. The zero-order valence-electron chi connectivity index (χ0n) is 18.5. The molecule has 0 unspecified atom stereocenters. The van der Waals surface area contributed by atoms with E-state index < -0.39 is 0 Å². The van der Waals surface area contributed by atoms with E-state index in [1.165, 1.54) is 5.56 Å². The van der Waals surface area contributed by atoms with Gasteiger partial charge in [-0.15, -0.1) is 0 Å². The van der Waals surface area contributed by atoms with Crippen molar-refractivity contribution in [2.24, 2.45) is 11.8 Å². The largest absolute Gasteiger partial charge is 0.454 e. The normalized spacial score (nSPS) is 20.0. The van der Waals surface area contributed by atoms with E-state index in [0.717, 1.165) is 93.0 Å². The fraction of sp³-hybridized carbons (Fsp3) is 0.583. The van der Waals surface area contributed by atoms with Crippen LogP contribution in [0.15, 0.2) is 23.0 Å². The molecule has 1 saturated heterocycles. The van der Waals surface area contributed by atoms with Crippen LogP contribution >= 0.6 is 0 Å². The third-order valence-electron chi connectivity index (χ3n) is 6.81. The lowest BCUT2D eigenvalue weighted by Gasteiger charge is -2.33. The molecule has 0 spiro atoms. The van der Waals surface area contributed by atoms with E-state index in [2.05, 4.69) is 40.8 Å². The maximum atomic E-state index is 12.7. The Balaban J connectivity index is 1.24. The van der Waals surface area contributed by atoms with Crippen LogP contribution in [0.3, 0.4) is 0 Å². The van der Waals surface area contributed by atoms with Crippen molar-refractivity contribution in [1.82, 2.24) is 14.9 Å². The number of aromatic nitrogens is 2. The number of H-pyrrole nitrogens is 1. The smallest absolute Gasteiger partial charge is 0.255 e. The van der Waals surface area contributed by atoms with E-state index in [4.69, 9.17) is 14.5 Å². The number of nitrogens with zero attached hydrogens (tertiary/aromatic N) is 3. The lowest BCUT2D eigenvalue weighted by Crippen LogP contribution is -2.40. The molecule has 1 atom stereocenters. The van der Waals surface area contributed by atoms with Crippen molar-refractivity contribution >= 4 is 5.95 Å². The van der Waals surface area contributed by atoms with Crippen LogP contribution in [0.1, 0.15) is 43.5 Å². The fourth-order valence-corrected chi connectivity index (χ4v) is 4.98. The number of nitrogens with one attached hydrogen (secondary N) is 1. The van der Waals surface area contributed by atoms with Gasteiger partial charge in [-0.1, -0.05) is 19.9 Å². The van der Waals surface area contributed by atoms with Crippen LogP contribution in [0, 0.1) is 11.8 Å². The summed E-state index contributed by atoms with van der Waals surface area (Å²) >= 11 is 0. The van der Waals surface area contributed by atoms with Gasteiger partial charge in [0.15, 0.2) is 11.5 Å². The third-order valence-corrected chi connectivity index (χ3v) is 6.81. The topological polar surface area (TPSA) is 70.7 Å². The first-order chi connectivity index (χ1) is 15.0. The second kappa shape index (κ2) is 8.54. The van der Waals surface area contributed by atoms with Crippen molar-refractivity contribution in [3.05, 3.63) is 45.4 Å². The molecule has 0 radical (unpaired) electrons. The molecule has 1 fully saturated rings. The van der Waals surface area contributed by atoms with Crippen LogP contribution in [0.2, 0.25) is 0 Å².